The van der Waals surface area contributed by atoms with Crippen molar-refractivity contribution in [1.29, 1.82) is 0 Å². The Labute approximate surface area is 174 Å². The first-order valence-corrected chi connectivity index (χ1v) is 11.6. The Balaban J connectivity index is 1.93. The van der Waals surface area contributed by atoms with Crippen LogP contribution in [0.5, 0.6) is 0 Å². The first-order valence-electron chi connectivity index (χ1n) is 8.62. The zero-order valence-corrected chi connectivity index (χ0v) is 17.9. The molecule has 5 nitrogen and oxygen atoms in total. The van der Waals surface area contributed by atoms with E-state index in [0.717, 1.165) is 0 Å². The van der Waals surface area contributed by atoms with Gasteiger partial charge in [0.1, 0.15) is 5.82 Å². The molecule has 0 radical (unpaired) electrons. The second kappa shape index (κ2) is 10.2. The van der Waals surface area contributed by atoms with Crippen molar-refractivity contribution >= 4 is 39.3 Å². The molecular formula is C19H22ClFN2O3S2. The van der Waals surface area contributed by atoms with E-state index in [1.54, 1.807) is 32.0 Å². The number of benzene rings is 2. The molecule has 0 aliphatic heterocycles. The second-order valence-corrected chi connectivity index (χ2v) is 9.54. The van der Waals surface area contributed by atoms with E-state index >= 15 is 0 Å². The number of nitrogens with one attached hydrogen (secondary N) is 2. The lowest BCUT2D eigenvalue weighted by Gasteiger charge is -2.12. The maximum Gasteiger partial charge on any atom is 0.252 e. The molecule has 0 aliphatic rings. The summed E-state index contributed by atoms with van der Waals surface area (Å²) in [6, 6.07) is 10.3. The van der Waals surface area contributed by atoms with E-state index in [2.05, 4.69) is 10.0 Å². The molecular weight excluding hydrogens is 423 g/mol. The summed E-state index contributed by atoms with van der Waals surface area (Å²) in [4.78, 5) is 12.4. The molecule has 2 aromatic carbocycles. The average molecular weight is 445 g/mol. The van der Waals surface area contributed by atoms with Crippen LogP contribution in [0.4, 0.5) is 4.39 Å². The van der Waals surface area contributed by atoms with Gasteiger partial charge in [0.25, 0.3) is 5.91 Å². The molecule has 0 saturated heterocycles. The number of halogens is 2. The van der Waals surface area contributed by atoms with Crippen molar-refractivity contribution in [2.45, 2.75) is 30.5 Å². The van der Waals surface area contributed by atoms with Crippen molar-refractivity contribution in [3.05, 3.63) is 64.4 Å². The molecule has 0 bridgehead atoms. The van der Waals surface area contributed by atoms with Crippen LogP contribution >= 0.6 is 23.4 Å². The Hall–Kier alpha value is -1.61. The van der Waals surface area contributed by atoms with Gasteiger partial charge in [-0.15, -0.1) is 0 Å². The van der Waals surface area contributed by atoms with E-state index in [4.69, 9.17) is 11.6 Å². The van der Waals surface area contributed by atoms with E-state index in [1.165, 1.54) is 36.0 Å². The minimum atomic E-state index is -3.72. The highest BCUT2D eigenvalue weighted by molar-refractivity contribution is 7.98. The quantitative estimate of drug-likeness (QED) is 0.576. The molecule has 0 spiro atoms. The smallest absolute Gasteiger partial charge is 0.252 e. The summed E-state index contributed by atoms with van der Waals surface area (Å²) in [5.41, 5.74) is 0.699. The van der Waals surface area contributed by atoms with Gasteiger partial charge in [-0.1, -0.05) is 29.8 Å². The standard InChI is InChI=1S/C19H22ClFN2O3S2/c1-13(2)23-28(25,26)15-7-8-17(20)16(11-15)19(24)22-9-10-27-12-14-5-3-4-6-18(14)21/h3-8,11,13,23H,9-10,12H2,1-2H3,(H,22,24). The largest absolute Gasteiger partial charge is 0.351 e. The number of amides is 1. The first-order chi connectivity index (χ1) is 13.2. The fourth-order valence-corrected chi connectivity index (χ4v) is 4.68. The third-order valence-electron chi connectivity index (χ3n) is 3.63. The monoisotopic (exact) mass is 444 g/mol. The highest BCUT2D eigenvalue weighted by Gasteiger charge is 2.19. The molecule has 2 N–H and O–H groups in total. The van der Waals surface area contributed by atoms with Crippen molar-refractivity contribution in [3.63, 3.8) is 0 Å². The fourth-order valence-electron chi connectivity index (χ4n) is 2.35. The SMILES string of the molecule is CC(C)NS(=O)(=O)c1ccc(Cl)c(C(=O)NCCSCc2ccccc2F)c1. The Morgan fingerprint density at radius 2 is 1.93 bits per heavy atom. The number of rotatable bonds is 9. The van der Waals surface area contributed by atoms with Crippen molar-refractivity contribution < 1.29 is 17.6 Å². The fraction of sp³-hybridized carbons (Fsp3) is 0.316. The Kier molecular flexibility index (Phi) is 8.30. The summed E-state index contributed by atoms with van der Waals surface area (Å²) >= 11 is 7.54. The lowest BCUT2D eigenvalue weighted by molar-refractivity contribution is 0.0956. The van der Waals surface area contributed by atoms with Crippen LogP contribution in [0.15, 0.2) is 47.4 Å². The highest BCUT2D eigenvalue weighted by atomic mass is 35.5. The molecule has 28 heavy (non-hydrogen) atoms. The third kappa shape index (κ3) is 6.48. The van der Waals surface area contributed by atoms with Crippen molar-refractivity contribution in [1.82, 2.24) is 10.0 Å². The van der Waals surface area contributed by atoms with Crippen LogP contribution in [-0.2, 0) is 15.8 Å². The van der Waals surface area contributed by atoms with Gasteiger partial charge in [0, 0.05) is 24.1 Å². The van der Waals surface area contributed by atoms with Gasteiger partial charge in [0.2, 0.25) is 10.0 Å². The van der Waals surface area contributed by atoms with Gasteiger partial charge >= 0.3 is 0 Å². The van der Waals surface area contributed by atoms with Crippen LogP contribution in [0.2, 0.25) is 5.02 Å². The molecule has 152 valence electrons. The molecule has 2 aromatic rings. The lowest BCUT2D eigenvalue weighted by atomic mass is 10.2. The van der Waals surface area contributed by atoms with Crippen molar-refractivity contribution in [2.24, 2.45) is 0 Å². The maximum atomic E-state index is 13.6. The van der Waals surface area contributed by atoms with Crippen LogP contribution in [-0.4, -0.2) is 32.7 Å². The summed E-state index contributed by atoms with van der Waals surface area (Å²) in [5.74, 6) is 0.361. The Morgan fingerprint density at radius 3 is 2.61 bits per heavy atom. The van der Waals surface area contributed by atoms with Crippen LogP contribution in [0, 0.1) is 5.82 Å². The summed E-state index contributed by atoms with van der Waals surface area (Å²) in [5, 5.41) is 2.87. The third-order valence-corrected chi connectivity index (χ3v) is 6.62. The second-order valence-electron chi connectivity index (χ2n) is 6.32. The van der Waals surface area contributed by atoms with Gasteiger partial charge in [-0.3, -0.25) is 4.79 Å². The number of carbonyl (C=O) groups is 1. The topological polar surface area (TPSA) is 75.3 Å². The minimum Gasteiger partial charge on any atom is -0.351 e. The Morgan fingerprint density at radius 1 is 1.21 bits per heavy atom. The van der Waals surface area contributed by atoms with E-state index in [1.807, 2.05) is 0 Å². The number of carbonyl (C=O) groups excluding carboxylic acids is 1. The predicted molar refractivity (Wildman–Crippen MR) is 112 cm³/mol. The van der Waals surface area contributed by atoms with Gasteiger partial charge in [-0.25, -0.2) is 17.5 Å². The zero-order chi connectivity index (χ0) is 20.7. The summed E-state index contributed by atoms with van der Waals surface area (Å²) in [6.07, 6.45) is 0. The molecule has 0 fully saturated rings. The van der Waals surface area contributed by atoms with E-state index in [-0.39, 0.29) is 27.3 Å². The van der Waals surface area contributed by atoms with Crippen LogP contribution < -0.4 is 10.0 Å². The molecule has 0 aromatic heterocycles. The molecule has 9 heteroatoms. The van der Waals surface area contributed by atoms with E-state index in [9.17, 15) is 17.6 Å². The summed E-state index contributed by atoms with van der Waals surface area (Å²) in [7, 11) is -3.72. The van der Waals surface area contributed by atoms with Gasteiger partial charge < -0.3 is 5.32 Å². The van der Waals surface area contributed by atoms with Gasteiger partial charge in [0.15, 0.2) is 0 Å². The Bertz CT molecular complexity index is 937. The van der Waals surface area contributed by atoms with Crippen LogP contribution in [0.25, 0.3) is 0 Å². The summed E-state index contributed by atoms with van der Waals surface area (Å²) in [6.45, 7) is 3.76. The number of hydrogen-bond donors (Lipinski definition) is 2. The molecule has 2 rings (SSSR count). The minimum absolute atomic E-state index is 0.0234. The number of hydrogen-bond acceptors (Lipinski definition) is 4. The van der Waals surface area contributed by atoms with Crippen molar-refractivity contribution in [2.75, 3.05) is 12.3 Å². The lowest BCUT2D eigenvalue weighted by Crippen LogP contribution is -2.31. The van der Waals surface area contributed by atoms with E-state index in [0.29, 0.717) is 23.6 Å². The number of sulfonamides is 1. The van der Waals surface area contributed by atoms with Crippen molar-refractivity contribution in [3.8, 4) is 0 Å². The van der Waals surface area contributed by atoms with Crippen LogP contribution in [0.3, 0.4) is 0 Å². The van der Waals surface area contributed by atoms with Gasteiger partial charge in [-0.05, 0) is 43.7 Å². The van der Waals surface area contributed by atoms with Gasteiger partial charge in [0.05, 0.1) is 15.5 Å². The molecule has 0 aliphatic carbocycles. The molecule has 0 saturated carbocycles. The molecule has 0 heterocycles. The van der Waals surface area contributed by atoms with Gasteiger partial charge in [-0.2, -0.15) is 11.8 Å². The maximum absolute atomic E-state index is 13.6. The molecule has 1 amide bonds. The van der Waals surface area contributed by atoms with E-state index < -0.39 is 15.9 Å². The molecule has 0 unspecified atom stereocenters. The zero-order valence-electron chi connectivity index (χ0n) is 15.5. The average Bonchev–Trinajstić information content (AvgIpc) is 2.61. The first kappa shape index (κ1) is 22.7. The predicted octanol–water partition coefficient (Wildman–Crippen LogP) is 3.83. The number of thioether (sulfide) groups is 1. The van der Waals surface area contributed by atoms with Crippen LogP contribution in [0.1, 0.15) is 29.8 Å². The molecule has 0 atom stereocenters. The highest BCUT2D eigenvalue weighted by Crippen LogP contribution is 2.21. The summed E-state index contributed by atoms with van der Waals surface area (Å²) < 4.78 is 40.6. The normalized spacial score (nSPS) is 11.6.